The van der Waals surface area contributed by atoms with Gasteiger partial charge in [-0.25, -0.2) is 8.78 Å². The van der Waals surface area contributed by atoms with Gasteiger partial charge < -0.3 is 11.1 Å². The molecule has 1 aliphatic rings. The van der Waals surface area contributed by atoms with Gasteiger partial charge in [0, 0.05) is 24.7 Å². The summed E-state index contributed by atoms with van der Waals surface area (Å²) in [5.74, 6) is -1.26. The predicted molar refractivity (Wildman–Crippen MR) is 90.9 cm³/mol. The molecule has 2 atom stereocenters. The first-order chi connectivity index (χ1) is 9.97. The third-order valence-electron chi connectivity index (χ3n) is 3.71. The molecule has 4 nitrogen and oxygen atoms in total. The topological polar surface area (TPSA) is 58.4 Å². The van der Waals surface area contributed by atoms with Crippen molar-refractivity contribution < 1.29 is 13.6 Å². The van der Waals surface area contributed by atoms with Gasteiger partial charge in [-0.1, -0.05) is 6.07 Å². The van der Waals surface area contributed by atoms with Gasteiger partial charge in [-0.2, -0.15) is 0 Å². The monoisotopic (exact) mass is 369 g/mol. The summed E-state index contributed by atoms with van der Waals surface area (Å²) in [6.07, 6.45) is 1.73. The van der Waals surface area contributed by atoms with Crippen molar-refractivity contribution in [3.05, 3.63) is 35.4 Å². The molecule has 0 aromatic heterocycles. The fourth-order valence-corrected chi connectivity index (χ4v) is 2.56. The van der Waals surface area contributed by atoms with Gasteiger partial charge in [0.05, 0.1) is 6.04 Å². The Morgan fingerprint density at radius 2 is 2.00 bits per heavy atom. The lowest BCUT2D eigenvalue weighted by Gasteiger charge is -2.33. The molecule has 23 heavy (non-hydrogen) atoms. The van der Waals surface area contributed by atoms with Crippen LogP contribution in [0.25, 0.3) is 0 Å². The molecule has 1 saturated heterocycles. The van der Waals surface area contributed by atoms with Gasteiger partial charge in [0.1, 0.15) is 11.6 Å². The molecule has 1 heterocycles. The minimum absolute atomic E-state index is 0. The molecule has 1 amide bonds. The third kappa shape index (κ3) is 6.22. The maximum atomic E-state index is 13.7. The highest BCUT2D eigenvalue weighted by molar-refractivity contribution is 5.85. The lowest BCUT2D eigenvalue weighted by atomic mass is 10.0. The average Bonchev–Trinajstić information content (AvgIpc) is 2.43. The first-order valence-corrected chi connectivity index (χ1v) is 7.18. The Hall–Kier alpha value is -0.950. The maximum Gasteiger partial charge on any atom is 0.236 e. The first kappa shape index (κ1) is 22.1. The molecule has 1 aromatic rings. The quantitative estimate of drug-likeness (QED) is 0.855. The zero-order chi connectivity index (χ0) is 15.4. The number of amides is 1. The average molecular weight is 370 g/mol. The number of likely N-dealkylation sites (tertiary alicyclic amines) is 1. The van der Waals surface area contributed by atoms with Crippen LogP contribution in [0.1, 0.15) is 25.3 Å². The third-order valence-corrected chi connectivity index (χ3v) is 3.71. The Morgan fingerprint density at radius 3 is 2.57 bits per heavy atom. The van der Waals surface area contributed by atoms with E-state index >= 15 is 0 Å². The van der Waals surface area contributed by atoms with E-state index in [-0.39, 0.29) is 48.9 Å². The van der Waals surface area contributed by atoms with E-state index in [9.17, 15) is 13.6 Å². The van der Waals surface area contributed by atoms with Gasteiger partial charge in [-0.05, 0) is 38.4 Å². The van der Waals surface area contributed by atoms with Gasteiger partial charge in [0.2, 0.25) is 5.91 Å². The number of carbonyl (C=O) groups excluding carboxylic acids is 1. The molecule has 0 bridgehead atoms. The van der Waals surface area contributed by atoms with E-state index in [2.05, 4.69) is 5.32 Å². The Balaban J connectivity index is 0.00000242. The van der Waals surface area contributed by atoms with E-state index in [0.717, 1.165) is 19.4 Å². The van der Waals surface area contributed by atoms with Crippen LogP contribution in [0, 0.1) is 11.6 Å². The number of hydrogen-bond donors (Lipinski definition) is 2. The SMILES string of the molecule is C[C@@H](N)C(=O)NC1CCCN(Cc2c(F)cccc2F)C1.Cl.Cl. The predicted octanol–water partition coefficient (Wildman–Crippen LogP) is 2.24. The molecule has 0 spiro atoms. The summed E-state index contributed by atoms with van der Waals surface area (Å²) in [4.78, 5) is 13.6. The number of nitrogens with two attached hydrogens (primary N) is 1. The molecule has 132 valence electrons. The van der Waals surface area contributed by atoms with Crippen molar-refractivity contribution >= 4 is 30.7 Å². The molecule has 0 aliphatic carbocycles. The second kappa shape index (κ2) is 10.0. The molecule has 1 fully saturated rings. The molecule has 2 rings (SSSR count). The van der Waals surface area contributed by atoms with E-state index in [1.165, 1.54) is 18.2 Å². The Morgan fingerprint density at radius 1 is 1.39 bits per heavy atom. The summed E-state index contributed by atoms with van der Waals surface area (Å²) < 4.78 is 27.3. The number of rotatable bonds is 4. The minimum atomic E-state index is -0.551. The number of carbonyl (C=O) groups is 1. The summed E-state index contributed by atoms with van der Waals surface area (Å²) in [7, 11) is 0. The van der Waals surface area contributed by atoms with Crippen LogP contribution in [0.4, 0.5) is 8.78 Å². The van der Waals surface area contributed by atoms with E-state index in [1.807, 2.05) is 4.90 Å². The highest BCUT2D eigenvalue weighted by atomic mass is 35.5. The summed E-state index contributed by atoms with van der Waals surface area (Å²) in [6.45, 7) is 3.18. The van der Waals surface area contributed by atoms with Gasteiger partial charge in [-0.3, -0.25) is 9.69 Å². The van der Waals surface area contributed by atoms with Crippen LogP contribution in [0.5, 0.6) is 0 Å². The molecular formula is C15H23Cl2F2N3O. The lowest BCUT2D eigenvalue weighted by Crippen LogP contribution is -2.51. The smallest absolute Gasteiger partial charge is 0.236 e. The van der Waals surface area contributed by atoms with Gasteiger partial charge in [0.25, 0.3) is 0 Å². The minimum Gasteiger partial charge on any atom is -0.351 e. The van der Waals surface area contributed by atoms with E-state index in [1.54, 1.807) is 6.92 Å². The van der Waals surface area contributed by atoms with Crippen molar-refractivity contribution in [2.75, 3.05) is 13.1 Å². The standard InChI is InChI=1S/C15H21F2N3O.2ClH/c1-10(18)15(21)19-11-4-3-7-20(8-11)9-12-13(16)5-2-6-14(12)17;;/h2,5-6,10-11H,3-4,7-9,18H2,1H3,(H,19,21);2*1H/t10-,11?;;/m1../s1. The van der Waals surface area contributed by atoms with Crippen LogP contribution in [0.15, 0.2) is 18.2 Å². The van der Waals surface area contributed by atoms with E-state index in [4.69, 9.17) is 5.73 Å². The number of piperidine rings is 1. The summed E-state index contributed by atoms with van der Waals surface area (Å²) in [5, 5.41) is 2.87. The van der Waals surface area contributed by atoms with Crippen LogP contribution < -0.4 is 11.1 Å². The molecule has 1 aliphatic heterocycles. The van der Waals surface area contributed by atoms with E-state index in [0.29, 0.717) is 6.54 Å². The second-order valence-corrected chi connectivity index (χ2v) is 5.57. The molecule has 0 radical (unpaired) electrons. The largest absolute Gasteiger partial charge is 0.351 e. The van der Waals surface area contributed by atoms with Crippen molar-refractivity contribution in [2.24, 2.45) is 5.73 Å². The van der Waals surface area contributed by atoms with Crippen LogP contribution in [0.3, 0.4) is 0 Å². The van der Waals surface area contributed by atoms with E-state index < -0.39 is 17.7 Å². The Labute approximate surface area is 147 Å². The summed E-state index contributed by atoms with van der Waals surface area (Å²) in [6, 6.07) is 3.31. The van der Waals surface area contributed by atoms with Crippen molar-refractivity contribution in [3.8, 4) is 0 Å². The van der Waals surface area contributed by atoms with Crippen LogP contribution in [-0.2, 0) is 11.3 Å². The number of nitrogens with one attached hydrogen (secondary N) is 1. The fourth-order valence-electron chi connectivity index (χ4n) is 2.56. The number of benzene rings is 1. The normalized spacial score (nSPS) is 19.2. The second-order valence-electron chi connectivity index (χ2n) is 5.57. The molecule has 8 heteroatoms. The molecule has 1 unspecified atom stereocenters. The van der Waals surface area contributed by atoms with Crippen molar-refractivity contribution in [1.82, 2.24) is 10.2 Å². The maximum absolute atomic E-state index is 13.7. The Kier molecular flexibility index (Phi) is 9.61. The number of nitrogens with zero attached hydrogens (tertiary/aromatic N) is 1. The molecular weight excluding hydrogens is 347 g/mol. The Bertz CT molecular complexity index is 497. The molecule has 1 aromatic carbocycles. The zero-order valence-electron chi connectivity index (χ0n) is 12.9. The van der Waals surface area contributed by atoms with Crippen LogP contribution in [0.2, 0.25) is 0 Å². The summed E-state index contributed by atoms with van der Waals surface area (Å²) >= 11 is 0. The van der Waals surface area contributed by atoms with Crippen LogP contribution in [-0.4, -0.2) is 36.0 Å². The summed E-state index contributed by atoms with van der Waals surface area (Å²) in [5.41, 5.74) is 5.61. The lowest BCUT2D eigenvalue weighted by molar-refractivity contribution is -0.123. The van der Waals surface area contributed by atoms with Gasteiger partial charge in [-0.15, -0.1) is 24.8 Å². The van der Waals surface area contributed by atoms with Crippen molar-refractivity contribution in [3.63, 3.8) is 0 Å². The van der Waals surface area contributed by atoms with Crippen LogP contribution >= 0.6 is 24.8 Å². The zero-order valence-corrected chi connectivity index (χ0v) is 14.6. The number of halogens is 4. The number of hydrogen-bond acceptors (Lipinski definition) is 3. The van der Waals surface area contributed by atoms with Crippen molar-refractivity contribution in [2.45, 2.75) is 38.4 Å². The highest BCUT2D eigenvalue weighted by Gasteiger charge is 2.23. The van der Waals surface area contributed by atoms with Gasteiger partial charge >= 0.3 is 0 Å². The molecule has 3 N–H and O–H groups in total. The fraction of sp³-hybridized carbons (Fsp3) is 0.533. The first-order valence-electron chi connectivity index (χ1n) is 7.18. The highest BCUT2D eigenvalue weighted by Crippen LogP contribution is 2.18. The van der Waals surface area contributed by atoms with Gasteiger partial charge in [0.15, 0.2) is 0 Å². The van der Waals surface area contributed by atoms with Crippen molar-refractivity contribution in [1.29, 1.82) is 0 Å². The molecule has 0 saturated carbocycles.